The Morgan fingerprint density at radius 2 is 2.00 bits per heavy atom. The summed E-state index contributed by atoms with van der Waals surface area (Å²) in [6.07, 6.45) is 0.213. The third-order valence-electron chi connectivity index (χ3n) is 4.77. The van der Waals surface area contributed by atoms with Gasteiger partial charge in [-0.2, -0.15) is 9.50 Å². The lowest BCUT2D eigenvalue weighted by molar-refractivity contribution is -0.129. The van der Waals surface area contributed by atoms with E-state index in [1.165, 1.54) is 0 Å². The highest BCUT2D eigenvalue weighted by molar-refractivity contribution is 5.79. The maximum Gasteiger partial charge on any atom is 0.254 e. The van der Waals surface area contributed by atoms with Gasteiger partial charge in [-0.25, -0.2) is 4.98 Å². The molecule has 3 rings (SSSR count). The van der Waals surface area contributed by atoms with E-state index in [1.54, 1.807) is 23.6 Å². The number of rotatable bonds is 7. The van der Waals surface area contributed by atoms with Crippen molar-refractivity contribution < 1.29 is 14.3 Å². The highest BCUT2D eigenvalue weighted by Gasteiger charge is 2.18. The summed E-state index contributed by atoms with van der Waals surface area (Å²) in [5.41, 5.74) is 8.99. The second-order valence-electron chi connectivity index (χ2n) is 6.79. The van der Waals surface area contributed by atoms with Crippen LogP contribution in [0.4, 0.5) is 5.95 Å². The van der Waals surface area contributed by atoms with Crippen molar-refractivity contribution in [2.75, 3.05) is 26.5 Å². The molecular weight excluding hydrogens is 372 g/mol. The molecule has 0 aliphatic rings. The summed E-state index contributed by atoms with van der Waals surface area (Å²) in [6.45, 7) is 6.67. The average molecular weight is 398 g/mol. The smallest absolute Gasteiger partial charge is 0.254 e. The topological polar surface area (TPSA) is 108 Å². The van der Waals surface area contributed by atoms with Crippen LogP contribution in [0.15, 0.2) is 18.2 Å². The molecular formula is C20H26N6O3. The van der Waals surface area contributed by atoms with Crippen LogP contribution in [0, 0.1) is 13.8 Å². The lowest BCUT2D eigenvalue weighted by Gasteiger charge is -2.19. The van der Waals surface area contributed by atoms with E-state index in [4.69, 9.17) is 15.2 Å². The molecule has 0 unspecified atom stereocenters. The lowest BCUT2D eigenvalue weighted by Crippen LogP contribution is -2.28. The predicted molar refractivity (Wildman–Crippen MR) is 109 cm³/mol. The van der Waals surface area contributed by atoms with Gasteiger partial charge in [-0.15, -0.1) is 5.10 Å². The molecule has 154 valence electrons. The minimum atomic E-state index is -0.0294. The molecule has 9 nitrogen and oxygen atoms in total. The summed E-state index contributed by atoms with van der Waals surface area (Å²) in [6, 6.07) is 5.67. The Hall–Kier alpha value is -3.36. The molecule has 0 atom stereocenters. The van der Waals surface area contributed by atoms with Gasteiger partial charge in [0, 0.05) is 30.5 Å². The van der Waals surface area contributed by atoms with Crippen molar-refractivity contribution in [1.82, 2.24) is 24.5 Å². The molecule has 0 saturated heterocycles. The van der Waals surface area contributed by atoms with Gasteiger partial charge in [0.15, 0.2) is 11.5 Å². The van der Waals surface area contributed by atoms with Gasteiger partial charge in [-0.1, -0.05) is 6.07 Å². The normalized spacial score (nSPS) is 10.9. The number of nitrogens with zero attached hydrogens (tertiary/aromatic N) is 5. The molecule has 1 aromatic carbocycles. The van der Waals surface area contributed by atoms with Crippen LogP contribution in [-0.4, -0.2) is 51.2 Å². The Kier molecular flexibility index (Phi) is 5.86. The number of aryl methyl sites for hydroxylation is 2. The number of hydrogen-bond donors (Lipinski definition) is 1. The number of carbonyl (C=O) groups is 1. The van der Waals surface area contributed by atoms with Gasteiger partial charge in [0.2, 0.25) is 11.9 Å². The summed E-state index contributed by atoms with van der Waals surface area (Å²) < 4.78 is 12.5. The zero-order chi connectivity index (χ0) is 21.1. The molecule has 0 aliphatic carbocycles. The third-order valence-corrected chi connectivity index (χ3v) is 4.77. The Morgan fingerprint density at radius 1 is 1.24 bits per heavy atom. The van der Waals surface area contributed by atoms with Crippen LogP contribution in [0.3, 0.4) is 0 Å². The van der Waals surface area contributed by atoms with Crippen molar-refractivity contribution in [2.45, 2.75) is 33.7 Å². The fraction of sp³-hybridized carbons (Fsp3) is 0.400. The van der Waals surface area contributed by atoms with Crippen molar-refractivity contribution in [3.63, 3.8) is 0 Å². The van der Waals surface area contributed by atoms with Crippen LogP contribution in [0.5, 0.6) is 11.5 Å². The van der Waals surface area contributed by atoms with E-state index in [1.807, 2.05) is 39.0 Å². The number of nitrogens with two attached hydrogens (primary N) is 1. The van der Waals surface area contributed by atoms with Crippen molar-refractivity contribution in [1.29, 1.82) is 0 Å². The van der Waals surface area contributed by atoms with Crippen LogP contribution >= 0.6 is 0 Å². The van der Waals surface area contributed by atoms with Gasteiger partial charge in [0.25, 0.3) is 5.78 Å². The summed E-state index contributed by atoms with van der Waals surface area (Å²) in [4.78, 5) is 23.0. The highest BCUT2D eigenvalue weighted by Crippen LogP contribution is 2.28. The van der Waals surface area contributed by atoms with Gasteiger partial charge >= 0.3 is 0 Å². The molecule has 0 aliphatic heterocycles. The molecule has 9 heteroatoms. The van der Waals surface area contributed by atoms with E-state index in [2.05, 4.69) is 15.1 Å². The third kappa shape index (κ3) is 4.23. The quantitative estimate of drug-likeness (QED) is 0.648. The monoisotopic (exact) mass is 398 g/mol. The van der Waals surface area contributed by atoms with E-state index in [-0.39, 0.29) is 18.3 Å². The molecule has 29 heavy (non-hydrogen) atoms. The number of aromatic nitrogens is 4. The number of benzene rings is 1. The Labute approximate surface area is 169 Å². The van der Waals surface area contributed by atoms with Crippen LogP contribution < -0.4 is 15.2 Å². The van der Waals surface area contributed by atoms with Crippen molar-refractivity contribution in [2.24, 2.45) is 0 Å². The molecule has 0 spiro atoms. The maximum atomic E-state index is 12.9. The largest absolute Gasteiger partial charge is 0.493 e. The summed E-state index contributed by atoms with van der Waals surface area (Å²) in [5, 5.41) is 4.15. The molecule has 0 saturated carbocycles. The Bertz CT molecular complexity index is 1050. The fourth-order valence-electron chi connectivity index (χ4n) is 3.21. The minimum Gasteiger partial charge on any atom is -0.493 e. The molecule has 1 amide bonds. The number of hydrogen-bond acceptors (Lipinski definition) is 7. The van der Waals surface area contributed by atoms with E-state index in [0.717, 1.165) is 22.5 Å². The fourth-order valence-corrected chi connectivity index (χ4v) is 3.21. The number of ether oxygens (including phenoxy) is 2. The summed E-state index contributed by atoms with van der Waals surface area (Å²) in [7, 11) is 3.37. The number of fused-ring (bicyclic) bond motifs is 1. The predicted octanol–water partition coefficient (Wildman–Crippen LogP) is 1.93. The first-order chi connectivity index (χ1) is 13.8. The van der Waals surface area contributed by atoms with Crippen molar-refractivity contribution >= 4 is 17.6 Å². The molecule has 0 fully saturated rings. The summed E-state index contributed by atoms with van der Waals surface area (Å²) in [5.74, 6) is 1.90. The van der Waals surface area contributed by atoms with Gasteiger partial charge in [-0.05, 0) is 38.5 Å². The second-order valence-corrected chi connectivity index (χ2v) is 6.79. The van der Waals surface area contributed by atoms with Gasteiger partial charge in [0.1, 0.15) is 0 Å². The van der Waals surface area contributed by atoms with Gasteiger partial charge in [0.05, 0.1) is 20.1 Å². The minimum absolute atomic E-state index is 0.0294. The van der Waals surface area contributed by atoms with Crippen LogP contribution in [-0.2, 0) is 17.8 Å². The molecule has 3 aromatic rings. The molecule has 0 bridgehead atoms. The molecule has 0 radical (unpaired) electrons. The number of nitrogen functional groups attached to an aromatic ring is 1. The first-order valence-corrected chi connectivity index (χ1v) is 9.36. The molecule has 2 aromatic heterocycles. The van der Waals surface area contributed by atoms with E-state index in [9.17, 15) is 4.79 Å². The van der Waals surface area contributed by atoms with E-state index in [0.29, 0.717) is 30.4 Å². The second kappa shape index (κ2) is 8.34. The lowest BCUT2D eigenvalue weighted by atomic mass is 10.1. The van der Waals surface area contributed by atoms with Gasteiger partial charge in [-0.3, -0.25) is 4.79 Å². The van der Waals surface area contributed by atoms with E-state index >= 15 is 0 Å². The zero-order valence-corrected chi connectivity index (χ0v) is 17.4. The number of anilines is 1. The highest BCUT2D eigenvalue weighted by atomic mass is 16.5. The SMILES string of the molecule is CCOc1ccc(CN(C)C(=O)Cc2c(C)nc3nc(N)nn3c2C)cc1OC. The number of likely N-dealkylation sites (N-methyl/N-ethyl adjacent to an activating group) is 1. The maximum absolute atomic E-state index is 12.9. The van der Waals surface area contributed by atoms with Crippen LogP contribution in [0.2, 0.25) is 0 Å². The number of carbonyl (C=O) groups excluding carboxylic acids is 1. The molecule has 2 N–H and O–H groups in total. The zero-order valence-electron chi connectivity index (χ0n) is 17.4. The number of amides is 1. The summed E-state index contributed by atoms with van der Waals surface area (Å²) >= 11 is 0. The first-order valence-electron chi connectivity index (χ1n) is 9.36. The van der Waals surface area contributed by atoms with Crippen molar-refractivity contribution in [3.8, 4) is 11.5 Å². The van der Waals surface area contributed by atoms with E-state index < -0.39 is 0 Å². The van der Waals surface area contributed by atoms with Gasteiger partial charge < -0.3 is 20.1 Å². The molecule has 2 heterocycles. The van der Waals surface area contributed by atoms with Crippen LogP contribution in [0.25, 0.3) is 5.78 Å². The average Bonchev–Trinajstić information content (AvgIpc) is 3.06. The standard InChI is InChI=1S/C20H26N6O3/c1-6-29-16-8-7-14(9-17(16)28-5)11-25(4)18(27)10-15-12(2)22-20-23-19(21)24-26(20)13(15)3/h7-9H,6,10-11H2,1-5H3,(H2,21,24). The first kappa shape index (κ1) is 20.4. The van der Waals surface area contributed by atoms with Crippen molar-refractivity contribution in [3.05, 3.63) is 40.7 Å². The Balaban J connectivity index is 1.77. The number of methoxy groups -OCH3 is 1. The van der Waals surface area contributed by atoms with Crippen LogP contribution in [0.1, 0.15) is 29.4 Å². The Morgan fingerprint density at radius 3 is 2.69 bits per heavy atom.